The largest absolute Gasteiger partial charge is 0.481 e. The molecule has 2 fully saturated rings. The minimum absolute atomic E-state index is 0.157. The molecule has 0 aromatic rings. The van der Waals surface area contributed by atoms with E-state index in [0.29, 0.717) is 13.0 Å². The van der Waals surface area contributed by atoms with Gasteiger partial charge in [0.05, 0.1) is 11.7 Å². The van der Waals surface area contributed by atoms with Crippen LogP contribution in [0.1, 0.15) is 38.5 Å². The first-order valence-electron chi connectivity index (χ1n) is 6.69. The van der Waals surface area contributed by atoms with Gasteiger partial charge in [-0.25, -0.2) is 12.7 Å². The molecule has 0 radical (unpaired) electrons. The molecule has 18 heavy (non-hydrogen) atoms. The summed E-state index contributed by atoms with van der Waals surface area (Å²) in [7, 11) is -3.26. The molecule has 1 N–H and O–H groups in total. The Hall–Kier alpha value is -0.620. The van der Waals surface area contributed by atoms with Gasteiger partial charge in [0.15, 0.2) is 0 Å². The molecule has 2 aliphatic rings. The molecule has 0 aromatic heterocycles. The van der Waals surface area contributed by atoms with Crippen molar-refractivity contribution in [1.29, 1.82) is 0 Å². The number of carbonyl (C=O) groups is 1. The summed E-state index contributed by atoms with van der Waals surface area (Å²) >= 11 is 0. The van der Waals surface area contributed by atoms with E-state index in [-0.39, 0.29) is 18.2 Å². The summed E-state index contributed by atoms with van der Waals surface area (Å²) in [5.41, 5.74) is 0. The van der Waals surface area contributed by atoms with Crippen LogP contribution in [-0.2, 0) is 14.8 Å². The van der Waals surface area contributed by atoms with Crippen molar-refractivity contribution >= 4 is 16.0 Å². The SMILES string of the molecule is O=C(O)C1CCN(S(=O)(=O)CC2CCCCC2)C1. The molecule has 1 aliphatic heterocycles. The summed E-state index contributed by atoms with van der Waals surface area (Å²) in [5, 5.41) is 8.90. The van der Waals surface area contributed by atoms with Crippen LogP contribution in [0.15, 0.2) is 0 Å². The Morgan fingerprint density at radius 2 is 1.83 bits per heavy atom. The van der Waals surface area contributed by atoms with Gasteiger partial charge in [-0.15, -0.1) is 0 Å². The molecule has 1 unspecified atom stereocenters. The number of rotatable bonds is 4. The minimum atomic E-state index is -3.26. The van der Waals surface area contributed by atoms with Crippen LogP contribution in [0.4, 0.5) is 0 Å². The average molecular weight is 275 g/mol. The Morgan fingerprint density at radius 1 is 1.17 bits per heavy atom. The van der Waals surface area contributed by atoms with E-state index in [0.717, 1.165) is 25.7 Å². The molecule has 1 saturated heterocycles. The van der Waals surface area contributed by atoms with Crippen LogP contribution in [0.3, 0.4) is 0 Å². The molecule has 0 spiro atoms. The second-order valence-corrected chi connectivity index (χ2v) is 7.48. The average Bonchev–Trinajstić information content (AvgIpc) is 2.79. The van der Waals surface area contributed by atoms with E-state index < -0.39 is 21.9 Å². The van der Waals surface area contributed by atoms with E-state index in [1.54, 1.807) is 0 Å². The van der Waals surface area contributed by atoms with Gasteiger partial charge in [-0.3, -0.25) is 4.79 Å². The summed E-state index contributed by atoms with van der Waals surface area (Å²) in [5.74, 6) is -0.927. The molecule has 6 heteroatoms. The number of nitrogens with zero attached hydrogens (tertiary/aromatic N) is 1. The van der Waals surface area contributed by atoms with Crippen molar-refractivity contribution in [1.82, 2.24) is 4.31 Å². The van der Waals surface area contributed by atoms with Crippen molar-refractivity contribution in [3.63, 3.8) is 0 Å². The molecule has 0 bridgehead atoms. The third-order valence-corrected chi connectivity index (χ3v) is 6.08. The van der Waals surface area contributed by atoms with Crippen molar-refractivity contribution < 1.29 is 18.3 Å². The summed E-state index contributed by atoms with van der Waals surface area (Å²) in [4.78, 5) is 10.8. The smallest absolute Gasteiger partial charge is 0.307 e. The number of sulfonamides is 1. The van der Waals surface area contributed by atoms with Crippen molar-refractivity contribution in [3.8, 4) is 0 Å². The second-order valence-electron chi connectivity index (χ2n) is 5.46. The number of aliphatic carboxylic acids is 1. The quantitative estimate of drug-likeness (QED) is 0.839. The highest BCUT2D eigenvalue weighted by atomic mass is 32.2. The molecule has 5 nitrogen and oxygen atoms in total. The predicted molar refractivity (Wildman–Crippen MR) is 67.7 cm³/mol. The fourth-order valence-electron chi connectivity index (χ4n) is 2.94. The topological polar surface area (TPSA) is 74.7 Å². The van der Waals surface area contributed by atoms with E-state index in [1.807, 2.05) is 0 Å². The van der Waals surface area contributed by atoms with E-state index >= 15 is 0 Å². The van der Waals surface area contributed by atoms with E-state index in [2.05, 4.69) is 0 Å². The first-order valence-corrected chi connectivity index (χ1v) is 8.30. The molecule has 1 atom stereocenters. The molecular formula is C12H21NO4S. The lowest BCUT2D eigenvalue weighted by Gasteiger charge is -2.24. The summed E-state index contributed by atoms with van der Waals surface area (Å²) < 4.78 is 25.8. The van der Waals surface area contributed by atoms with Crippen LogP contribution in [0.5, 0.6) is 0 Å². The fourth-order valence-corrected chi connectivity index (χ4v) is 4.87. The van der Waals surface area contributed by atoms with Crippen LogP contribution in [0.25, 0.3) is 0 Å². The molecule has 0 aromatic carbocycles. The molecule has 0 amide bonds. The zero-order chi connectivity index (χ0) is 13.2. The van der Waals surface area contributed by atoms with Gasteiger partial charge in [0, 0.05) is 13.1 Å². The molecule has 1 aliphatic carbocycles. The Morgan fingerprint density at radius 3 is 2.39 bits per heavy atom. The number of hydrogen-bond acceptors (Lipinski definition) is 3. The Bertz CT molecular complexity index is 400. The highest BCUT2D eigenvalue weighted by Crippen LogP contribution is 2.27. The maximum Gasteiger partial charge on any atom is 0.307 e. The first kappa shape index (κ1) is 13.8. The summed E-state index contributed by atoms with van der Waals surface area (Å²) in [6, 6.07) is 0. The molecular weight excluding hydrogens is 254 g/mol. The third-order valence-electron chi connectivity index (χ3n) is 4.06. The van der Waals surface area contributed by atoms with Crippen LogP contribution in [-0.4, -0.2) is 42.6 Å². The lowest BCUT2D eigenvalue weighted by atomic mass is 9.91. The lowest BCUT2D eigenvalue weighted by Crippen LogP contribution is -2.34. The number of carboxylic acids is 1. The summed E-state index contributed by atoms with van der Waals surface area (Å²) in [6.45, 7) is 0.524. The van der Waals surface area contributed by atoms with Crippen molar-refractivity contribution in [2.45, 2.75) is 38.5 Å². The molecule has 104 valence electrons. The first-order chi connectivity index (χ1) is 8.49. The standard InChI is InChI=1S/C12H21NO4S/c14-12(15)11-6-7-13(8-11)18(16,17)9-10-4-2-1-3-5-10/h10-11H,1-9H2,(H,14,15). The van der Waals surface area contributed by atoms with Crippen LogP contribution in [0.2, 0.25) is 0 Å². The van der Waals surface area contributed by atoms with Gasteiger partial charge < -0.3 is 5.11 Å². The lowest BCUT2D eigenvalue weighted by molar-refractivity contribution is -0.141. The van der Waals surface area contributed by atoms with Gasteiger partial charge >= 0.3 is 5.97 Å². The van der Waals surface area contributed by atoms with Crippen molar-refractivity contribution in [3.05, 3.63) is 0 Å². The summed E-state index contributed by atoms with van der Waals surface area (Å²) in [6.07, 6.45) is 5.89. The fraction of sp³-hybridized carbons (Fsp3) is 0.917. The highest BCUT2D eigenvalue weighted by molar-refractivity contribution is 7.89. The van der Waals surface area contributed by atoms with E-state index in [9.17, 15) is 13.2 Å². The minimum Gasteiger partial charge on any atom is -0.481 e. The zero-order valence-electron chi connectivity index (χ0n) is 10.5. The van der Waals surface area contributed by atoms with Crippen LogP contribution >= 0.6 is 0 Å². The normalized spacial score (nSPS) is 27.4. The van der Waals surface area contributed by atoms with Crippen LogP contribution in [0, 0.1) is 11.8 Å². The van der Waals surface area contributed by atoms with Gasteiger partial charge in [-0.2, -0.15) is 0 Å². The van der Waals surface area contributed by atoms with Gasteiger partial charge in [0.25, 0.3) is 0 Å². The number of hydrogen-bond donors (Lipinski definition) is 1. The molecule has 1 saturated carbocycles. The predicted octanol–water partition coefficient (Wildman–Crippen LogP) is 1.30. The maximum absolute atomic E-state index is 12.2. The second kappa shape index (κ2) is 5.57. The van der Waals surface area contributed by atoms with Gasteiger partial charge in [-0.05, 0) is 25.2 Å². The van der Waals surface area contributed by atoms with E-state index in [4.69, 9.17) is 5.11 Å². The monoisotopic (exact) mass is 275 g/mol. The Labute approximate surface area is 108 Å². The maximum atomic E-state index is 12.2. The van der Waals surface area contributed by atoms with Crippen molar-refractivity contribution in [2.24, 2.45) is 11.8 Å². The van der Waals surface area contributed by atoms with Gasteiger partial charge in [-0.1, -0.05) is 19.3 Å². The molecule has 1 heterocycles. The highest BCUT2D eigenvalue weighted by Gasteiger charge is 2.36. The van der Waals surface area contributed by atoms with Gasteiger partial charge in [0.1, 0.15) is 0 Å². The van der Waals surface area contributed by atoms with Crippen LogP contribution < -0.4 is 0 Å². The third kappa shape index (κ3) is 3.23. The zero-order valence-corrected chi connectivity index (χ0v) is 11.4. The van der Waals surface area contributed by atoms with E-state index in [1.165, 1.54) is 10.7 Å². The molecule has 2 rings (SSSR count). The number of carboxylic acid groups (broad SMARTS) is 1. The Kier molecular flexibility index (Phi) is 4.27. The van der Waals surface area contributed by atoms with Crippen molar-refractivity contribution in [2.75, 3.05) is 18.8 Å². The van der Waals surface area contributed by atoms with Gasteiger partial charge in [0.2, 0.25) is 10.0 Å². The Balaban J connectivity index is 1.92.